The van der Waals surface area contributed by atoms with E-state index in [4.69, 9.17) is 37.9 Å². The zero-order valence-electron chi connectivity index (χ0n) is 33.6. The quantitative estimate of drug-likeness (QED) is 0.0866. The van der Waals surface area contributed by atoms with Gasteiger partial charge in [-0.1, -0.05) is 23.2 Å². The second kappa shape index (κ2) is 23.3. The van der Waals surface area contributed by atoms with Crippen LogP contribution in [0.2, 0.25) is 10.0 Å². The molecule has 1 aliphatic carbocycles. The summed E-state index contributed by atoms with van der Waals surface area (Å²) < 4.78 is 77.3. The highest BCUT2D eigenvalue weighted by atomic mass is 35.5. The first-order valence-electron chi connectivity index (χ1n) is 17.2. The molecule has 0 amide bonds. The fourth-order valence-corrected chi connectivity index (χ4v) is 6.38. The minimum absolute atomic E-state index is 0.00216. The zero-order valence-corrected chi connectivity index (χ0v) is 37.6. The molecule has 3 aromatic rings. The lowest BCUT2D eigenvalue weighted by atomic mass is 9.82. The van der Waals surface area contributed by atoms with E-state index in [1.165, 1.54) is 24.3 Å². The molecule has 1 aromatic heterocycles. The average molecular weight is 965 g/mol. The van der Waals surface area contributed by atoms with Crippen molar-refractivity contribution in [3.8, 4) is 5.69 Å². The van der Waals surface area contributed by atoms with Gasteiger partial charge in [-0.05, 0) is 67.6 Å². The lowest BCUT2D eigenvalue weighted by Gasteiger charge is -2.18. The molecule has 1 atom stereocenters. The van der Waals surface area contributed by atoms with E-state index >= 15 is 0 Å². The van der Waals surface area contributed by atoms with Gasteiger partial charge in [0.1, 0.15) is 19.2 Å². The molecule has 25 heteroatoms. The van der Waals surface area contributed by atoms with Crippen LogP contribution in [0.1, 0.15) is 59.5 Å². The normalized spacial score (nSPS) is 14.1. The Kier molecular flexibility index (Phi) is 21.0. The number of ketones is 3. The third kappa shape index (κ3) is 18.0. The van der Waals surface area contributed by atoms with Gasteiger partial charge in [-0.15, -0.1) is 0 Å². The molecule has 338 valence electrons. The molecule has 17 nitrogen and oxygen atoms in total. The number of carbonyl (C=O) groups is 5. The molecule has 1 unspecified atom stereocenters. The van der Waals surface area contributed by atoms with Crippen LogP contribution in [-0.4, -0.2) is 101 Å². The van der Waals surface area contributed by atoms with Crippen LogP contribution < -0.4 is 21.5 Å². The molecule has 0 radical (unpaired) electrons. The SMILES string of the molecule is CC(C)OC(=O)c1cc(-n2c(=O)cc(C(F)(F)F)n(C)c2=O)ccc1Cl.CS(=O)(=O)c1ccc(C(=O)C2C(=O)CCCC2=O)c(Cl)c1.C[S+](C)C.O=C(O)CNCP(=O)([O-])O. The number of aromatic nitrogens is 2. The van der Waals surface area contributed by atoms with Crippen LogP contribution >= 0.6 is 30.8 Å². The van der Waals surface area contributed by atoms with Crippen LogP contribution in [-0.2, 0) is 57.6 Å². The number of nitrogens with zero attached hydrogens (tertiary/aromatic N) is 2. The summed E-state index contributed by atoms with van der Waals surface area (Å²) in [4.78, 5) is 100. The fourth-order valence-electron chi connectivity index (χ4n) is 4.81. The Morgan fingerprint density at radius 1 is 0.984 bits per heavy atom. The van der Waals surface area contributed by atoms with Gasteiger partial charge in [0.25, 0.3) is 5.56 Å². The van der Waals surface area contributed by atoms with E-state index in [0.717, 1.165) is 25.4 Å². The van der Waals surface area contributed by atoms with Gasteiger partial charge in [0.05, 0.1) is 63.9 Å². The first kappa shape index (κ1) is 54.9. The van der Waals surface area contributed by atoms with Crippen molar-refractivity contribution in [3.05, 3.63) is 90.2 Å². The number of alkyl halides is 3. The standard InChI is InChI=1S/C16H14ClF3N2O4.C14H13ClO5S.C3H8NO5P.C3H9S/c1-8(2)26-14(24)10-6-9(4-5-11(10)17)22-13(23)7-12(16(18,19)20)21(3)15(22)25;1-21(19,20)8-5-6-9(10(15)7-8)14(18)13-11(16)3-2-4-12(13)17;5-3(6)1-4-2-10(7,8)9;1-4(2)3/h4-8H,1-3H3;5-7,13H,2-4H2,1H3;4H,1-2H2,(H,5,6)(H2,7,8,9);1-3H3/q;;;+1/p-1. The molecule has 61 heavy (non-hydrogen) atoms. The van der Waals surface area contributed by atoms with Gasteiger partial charge in [0.2, 0.25) is 0 Å². The monoisotopic (exact) mass is 963 g/mol. The first-order valence-corrected chi connectivity index (χ1v) is 24.1. The average Bonchev–Trinajstić information content (AvgIpc) is 3.08. The van der Waals surface area contributed by atoms with Crippen LogP contribution in [0.4, 0.5) is 13.2 Å². The first-order chi connectivity index (χ1) is 27.8. The molecule has 0 spiro atoms. The topological polar surface area (TPSA) is 265 Å². The van der Waals surface area contributed by atoms with Crippen LogP contribution in [0.5, 0.6) is 0 Å². The van der Waals surface area contributed by atoms with E-state index in [2.05, 4.69) is 18.8 Å². The number of nitrogens with one attached hydrogen (secondary N) is 1. The van der Waals surface area contributed by atoms with Gasteiger partial charge in [-0.2, -0.15) is 13.2 Å². The van der Waals surface area contributed by atoms with E-state index in [1.807, 2.05) is 5.32 Å². The van der Waals surface area contributed by atoms with Gasteiger partial charge in [-0.3, -0.25) is 33.9 Å². The maximum absolute atomic E-state index is 12.9. The lowest BCUT2D eigenvalue weighted by Crippen LogP contribution is -2.40. The number of esters is 1. The number of hydrogen-bond donors (Lipinski definition) is 3. The highest BCUT2D eigenvalue weighted by Crippen LogP contribution is 2.29. The Balaban J connectivity index is 0.000000473. The number of halogens is 5. The Morgan fingerprint density at radius 2 is 1.52 bits per heavy atom. The summed E-state index contributed by atoms with van der Waals surface area (Å²) in [6.45, 7) is 2.75. The number of hydrogen-bond acceptors (Lipinski definition) is 13. The molecule has 3 N–H and O–H groups in total. The molecule has 0 saturated heterocycles. The molecular weight excluding hydrogens is 921 g/mol. The van der Waals surface area contributed by atoms with Crippen molar-refractivity contribution < 1.29 is 69.8 Å². The van der Waals surface area contributed by atoms with E-state index < -0.39 is 94.7 Å². The largest absolute Gasteiger partial charge is 0.778 e. The van der Waals surface area contributed by atoms with Crippen molar-refractivity contribution in [2.75, 3.05) is 37.9 Å². The van der Waals surface area contributed by atoms with Crippen molar-refractivity contribution >= 4 is 80.8 Å². The molecule has 1 heterocycles. The van der Waals surface area contributed by atoms with Gasteiger partial charge in [0.15, 0.2) is 27.2 Å². The predicted octanol–water partition coefficient (Wildman–Crippen LogP) is 3.30. The zero-order chi connectivity index (χ0) is 47.4. The highest BCUT2D eigenvalue weighted by Gasteiger charge is 2.37. The molecule has 1 aliphatic rings. The predicted molar refractivity (Wildman–Crippen MR) is 220 cm³/mol. The minimum atomic E-state index is -4.86. The Labute approximate surface area is 360 Å². The van der Waals surface area contributed by atoms with E-state index in [0.29, 0.717) is 32.5 Å². The minimum Gasteiger partial charge on any atom is -0.778 e. The van der Waals surface area contributed by atoms with Crippen molar-refractivity contribution in [1.82, 2.24) is 14.5 Å². The van der Waals surface area contributed by atoms with Gasteiger partial charge >= 0.3 is 23.8 Å². The van der Waals surface area contributed by atoms with Crippen LogP contribution in [0.3, 0.4) is 0 Å². The Hall–Kier alpha value is -4.15. The molecule has 2 aromatic carbocycles. The number of ether oxygens (including phenoxy) is 1. The Bertz CT molecular complexity index is 2380. The molecule has 1 fully saturated rings. The van der Waals surface area contributed by atoms with Gasteiger partial charge in [-0.25, -0.2) is 22.6 Å². The lowest BCUT2D eigenvalue weighted by molar-refractivity contribution is -0.193. The summed E-state index contributed by atoms with van der Waals surface area (Å²) in [5, 5.41) is 9.91. The third-order valence-electron chi connectivity index (χ3n) is 7.36. The van der Waals surface area contributed by atoms with Crippen LogP contribution in [0, 0.1) is 5.92 Å². The summed E-state index contributed by atoms with van der Waals surface area (Å²) in [6.07, 6.45) is 2.44. The maximum Gasteiger partial charge on any atom is 0.431 e. The number of carbonyl (C=O) groups excluding carboxylic acids is 4. The van der Waals surface area contributed by atoms with Crippen LogP contribution in [0.25, 0.3) is 5.69 Å². The number of sulfone groups is 1. The Morgan fingerprint density at radius 3 is 1.97 bits per heavy atom. The van der Waals surface area contributed by atoms with E-state index in [1.54, 1.807) is 13.8 Å². The summed E-state index contributed by atoms with van der Waals surface area (Å²) in [6, 6.07) is 7.55. The van der Waals surface area contributed by atoms with Crippen molar-refractivity contribution in [2.45, 2.75) is 50.3 Å². The molecule has 0 aliphatic heterocycles. The number of aliphatic carboxylic acids is 1. The van der Waals surface area contributed by atoms with E-state index in [9.17, 15) is 64.6 Å². The number of Topliss-reactive ketones (excluding diaryl/α,β-unsaturated/α-hetero) is 3. The number of carboxylic acids is 1. The second-order valence-electron chi connectivity index (χ2n) is 13.5. The molecule has 4 rings (SSSR count). The van der Waals surface area contributed by atoms with Crippen LogP contribution in [0.15, 0.2) is 56.9 Å². The maximum atomic E-state index is 12.9. The molecule has 0 bridgehead atoms. The number of benzene rings is 2. The van der Waals surface area contributed by atoms with Crippen molar-refractivity contribution in [3.63, 3.8) is 0 Å². The third-order valence-corrected chi connectivity index (χ3v) is 9.73. The summed E-state index contributed by atoms with van der Waals surface area (Å²) in [7, 11) is -6.26. The van der Waals surface area contributed by atoms with Crippen molar-refractivity contribution in [2.24, 2.45) is 13.0 Å². The smallest absolute Gasteiger partial charge is 0.431 e. The molecular formula is C36H43Cl2F3N3O14PS2. The fraction of sp³-hybridized carbons (Fsp3) is 0.417. The van der Waals surface area contributed by atoms with Gasteiger partial charge < -0.3 is 24.2 Å². The van der Waals surface area contributed by atoms with Crippen molar-refractivity contribution in [1.29, 1.82) is 0 Å². The van der Waals surface area contributed by atoms with E-state index in [-0.39, 0.29) is 44.6 Å². The number of rotatable bonds is 10. The number of carboxylic acid groups (broad SMARTS) is 1. The summed E-state index contributed by atoms with van der Waals surface area (Å²) in [5.41, 5.74) is -4.01. The van der Waals surface area contributed by atoms with Gasteiger partial charge in [0, 0.05) is 37.8 Å². The second-order valence-corrected chi connectivity index (χ2v) is 20.4. The summed E-state index contributed by atoms with van der Waals surface area (Å²) >= 11 is 11.9. The highest BCUT2D eigenvalue weighted by molar-refractivity contribution is 7.94. The molecule has 1 saturated carbocycles. The summed E-state index contributed by atoms with van der Waals surface area (Å²) in [5.74, 6) is -4.73.